The van der Waals surface area contributed by atoms with Crippen LogP contribution in [0.5, 0.6) is 0 Å². The first-order valence-corrected chi connectivity index (χ1v) is 6.78. The third-order valence-electron chi connectivity index (χ3n) is 3.82. The first-order chi connectivity index (χ1) is 9.95. The maximum absolute atomic E-state index is 13.2. The zero-order chi connectivity index (χ0) is 15.1. The maximum Gasteiger partial charge on any atom is 0.407 e. The Hall–Kier alpha value is -2.31. The van der Waals surface area contributed by atoms with E-state index in [1.54, 1.807) is 6.07 Å². The van der Waals surface area contributed by atoms with E-state index in [-0.39, 0.29) is 17.9 Å². The molecule has 0 radical (unpaired) electrons. The van der Waals surface area contributed by atoms with Crippen molar-refractivity contribution in [2.45, 2.75) is 25.9 Å². The summed E-state index contributed by atoms with van der Waals surface area (Å²) in [5.74, 6) is -0.362. The minimum Gasteiger partial charge on any atom is -0.465 e. The fraction of sp³-hybridized carbons (Fsp3) is 0.429. The summed E-state index contributed by atoms with van der Waals surface area (Å²) in [4.78, 5) is 18.8. The number of carboxylic acid groups (broad SMARTS) is 1. The largest absolute Gasteiger partial charge is 0.465 e. The Morgan fingerprint density at radius 3 is 2.86 bits per heavy atom. The second-order valence-corrected chi connectivity index (χ2v) is 5.39. The summed E-state index contributed by atoms with van der Waals surface area (Å²) in [6, 6.07) is 4.37. The van der Waals surface area contributed by atoms with Gasteiger partial charge in [-0.1, -0.05) is 0 Å². The average Bonchev–Trinajstić information content (AvgIpc) is 2.83. The summed E-state index contributed by atoms with van der Waals surface area (Å²) in [5.41, 5.74) is 0.984. The third kappa shape index (κ3) is 2.39. The molecule has 1 N–H and O–H groups in total. The Labute approximate surface area is 120 Å². The van der Waals surface area contributed by atoms with Crippen molar-refractivity contribution in [1.82, 2.24) is 9.88 Å². The molecular formula is C14H16FN3O3. The molecular weight excluding hydrogens is 277 g/mol. The predicted molar refractivity (Wildman–Crippen MR) is 75.0 cm³/mol. The molecule has 0 bridgehead atoms. The molecule has 6 nitrogen and oxygen atoms in total. The van der Waals surface area contributed by atoms with Crippen LogP contribution >= 0.6 is 0 Å². The maximum atomic E-state index is 13.2. The van der Waals surface area contributed by atoms with Crippen LogP contribution in [-0.2, 0) is 0 Å². The Morgan fingerprint density at radius 1 is 1.38 bits per heavy atom. The molecule has 0 spiro atoms. The quantitative estimate of drug-likeness (QED) is 0.875. The van der Waals surface area contributed by atoms with Gasteiger partial charge in [0.15, 0.2) is 5.58 Å². The Balaban J connectivity index is 1.90. The van der Waals surface area contributed by atoms with E-state index in [1.165, 1.54) is 17.0 Å². The Bertz CT molecular complexity index is 687. The van der Waals surface area contributed by atoms with Crippen LogP contribution in [0.2, 0.25) is 0 Å². The zero-order valence-corrected chi connectivity index (χ0v) is 11.8. The number of piperazine rings is 1. The number of amides is 1. The van der Waals surface area contributed by atoms with E-state index >= 15 is 0 Å². The smallest absolute Gasteiger partial charge is 0.407 e. The van der Waals surface area contributed by atoms with Gasteiger partial charge >= 0.3 is 6.09 Å². The molecule has 0 aliphatic carbocycles. The van der Waals surface area contributed by atoms with Gasteiger partial charge in [-0.15, -0.1) is 0 Å². The minimum absolute atomic E-state index is 0.0600. The van der Waals surface area contributed by atoms with Gasteiger partial charge in [0.05, 0.1) is 0 Å². The second kappa shape index (κ2) is 4.91. The number of nitrogens with zero attached hydrogens (tertiary/aromatic N) is 3. The molecule has 0 unspecified atom stereocenters. The topological polar surface area (TPSA) is 69.8 Å². The lowest BCUT2D eigenvalue weighted by molar-refractivity contribution is 0.113. The molecule has 2 heterocycles. The van der Waals surface area contributed by atoms with Crippen molar-refractivity contribution in [3.05, 3.63) is 24.0 Å². The Morgan fingerprint density at radius 2 is 2.14 bits per heavy atom. The molecule has 0 saturated carbocycles. The van der Waals surface area contributed by atoms with Crippen molar-refractivity contribution in [1.29, 1.82) is 0 Å². The highest BCUT2D eigenvalue weighted by molar-refractivity contribution is 5.74. The lowest BCUT2D eigenvalue weighted by Gasteiger charge is -2.41. The van der Waals surface area contributed by atoms with Gasteiger partial charge in [-0.2, -0.15) is 4.98 Å². The third-order valence-corrected chi connectivity index (χ3v) is 3.82. The average molecular weight is 293 g/mol. The van der Waals surface area contributed by atoms with Crippen molar-refractivity contribution in [2.75, 3.05) is 18.0 Å². The van der Waals surface area contributed by atoms with Crippen LogP contribution in [0.15, 0.2) is 22.6 Å². The predicted octanol–water partition coefficient (Wildman–Crippen LogP) is 2.54. The van der Waals surface area contributed by atoms with E-state index in [0.29, 0.717) is 30.2 Å². The highest BCUT2D eigenvalue weighted by Gasteiger charge is 2.34. The van der Waals surface area contributed by atoms with E-state index < -0.39 is 6.09 Å². The number of benzene rings is 1. The van der Waals surface area contributed by atoms with Crippen LogP contribution in [0, 0.1) is 5.82 Å². The van der Waals surface area contributed by atoms with Crippen LogP contribution in [-0.4, -0.2) is 46.3 Å². The van der Waals surface area contributed by atoms with Gasteiger partial charge in [-0.05, 0) is 26.0 Å². The highest BCUT2D eigenvalue weighted by Crippen LogP contribution is 2.27. The summed E-state index contributed by atoms with van der Waals surface area (Å²) in [6.07, 6.45) is -0.923. The number of fused-ring (bicyclic) bond motifs is 1. The molecule has 3 rings (SSSR count). The van der Waals surface area contributed by atoms with Crippen LogP contribution in [0.4, 0.5) is 15.2 Å². The molecule has 7 heteroatoms. The fourth-order valence-electron chi connectivity index (χ4n) is 2.67. The van der Waals surface area contributed by atoms with Gasteiger partial charge in [-0.3, -0.25) is 0 Å². The zero-order valence-electron chi connectivity index (χ0n) is 11.8. The molecule has 1 amide bonds. The molecule has 1 aromatic heterocycles. The molecule has 112 valence electrons. The van der Waals surface area contributed by atoms with Crippen molar-refractivity contribution in [3.63, 3.8) is 0 Å². The van der Waals surface area contributed by atoms with E-state index in [9.17, 15) is 9.18 Å². The first-order valence-electron chi connectivity index (χ1n) is 6.78. The van der Waals surface area contributed by atoms with Gasteiger partial charge < -0.3 is 19.3 Å². The number of hydrogen-bond donors (Lipinski definition) is 1. The van der Waals surface area contributed by atoms with Crippen molar-refractivity contribution >= 4 is 23.2 Å². The summed E-state index contributed by atoms with van der Waals surface area (Å²) >= 11 is 0. The van der Waals surface area contributed by atoms with Gasteiger partial charge in [0.1, 0.15) is 11.3 Å². The van der Waals surface area contributed by atoms with Crippen LogP contribution in [0.25, 0.3) is 11.1 Å². The lowest BCUT2D eigenvalue weighted by Crippen LogP contribution is -2.58. The summed E-state index contributed by atoms with van der Waals surface area (Å²) in [7, 11) is 0. The minimum atomic E-state index is -0.923. The molecule has 2 atom stereocenters. The molecule has 2 aromatic rings. The number of aromatic nitrogens is 1. The highest BCUT2D eigenvalue weighted by atomic mass is 19.1. The normalized spacial score (nSPS) is 22.8. The Kier molecular flexibility index (Phi) is 3.19. The van der Waals surface area contributed by atoms with Gasteiger partial charge in [-0.25, -0.2) is 9.18 Å². The monoisotopic (exact) mass is 293 g/mol. The van der Waals surface area contributed by atoms with Crippen LogP contribution in [0.3, 0.4) is 0 Å². The van der Waals surface area contributed by atoms with E-state index in [0.717, 1.165) is 0 Å². The van der Waals surface area contributed by atoms with Gasteiger partial charge in [0.2, 0.25) is 0 Å². The molecule has 1 aromatic carbocycles. The van der Waals surface area contributed by atoms with Crippen LogP contribution < -0.4 is 4.90 Å². The number of oxazole rings is 1. The standard InChI is InChI=1S/C14H16FN3O3/c1-8-7-18(14(19)20)9(2)6-17(8)13-16-11-5-10(15)3-4-12(11)21-13/h3-5,8-9H,6-7H2,1-2H3,(H,19,20)/t8-,9+/m0/s1. The van der Waals surface area contributed by atoms with Crippen LogP contribution in [0.1, 0.15) is 13.8 Å². The van der Waals surface area contributed by atoms with E-state index in [2.05, 4.69) is 4.98 Å². The van der Waals surface area contributed by atoms with E-state index in [4.69, 9.17) is 9.52 Å². The molecule has 1 aliphatic heterocycles. The molecule has 1 aliphatic rings. The van der Waals surface area contributed by atoms with E-state index in [1.807, 2.05) is 18.7 Å². The summed E-state index contributed by atoms with van der Waals surface area (Å²) < 4.78 is 18.9. The first kappa shape index (κ1) is 13.7. The van der Waals surface area contributed by atoms with Crippen molar-refractivity contribution in [2.24, 2.45) is 0 Å². The van der Waals surface area contributed by atoms with Gasteiger partial charge in [0.25, 0.3) is 6.01 Å². The van der Waals surface area contributed by atoms with Crippen molar-refractivity contribution in [3.8, 4) is 0 Å². The molecule has 1 fully saturated rings. The number of anilines is 1. The van der Waals surface area contributed by atoms with Crippen molar-refractivity contribution < 1.29 is 18.7 Å². The summed E-state index contributed by atoms with van der Waals surface area (Å²) in [6.45, 7) is 4.62. The number of rotatable bonds is 1. The molecule has 1 saturated heterocycles. The fourth-order valence-corrected chi connectivity index (χ4v) is 2.67. The number of halogens is 1. The summed E-state index contributed by atoms with van der Waals surface area (Å²) in [5, 5.41) is 9.15. The second-order valence-electron chi connectivity index (χ2n) is 5.39. The van der Waals surface area contributed by atoms with Gasteiger partial charge in [0, 0.05) is 31.2 Å². The lowest BCUT2D eigenvalue weighted by atomic mass is 10.1. The number of hydrogen-bond acceptors (Lipinski definition) is 4. The SMILES string of the molecule is C[C@@H]1CN(c2nc3cc(F)ccc3o2)[C@@H](C)CN1C(=O)O. The number of carbonyl (C=O) groups is 1. The molecule has 21 heavy (non-hydrogen) atoms.